The first-order valence-electron chi connectivity index (χ1n) is 6.43. The molecule has 19 heavy (non-hydrogen) atoms. The first-order valence-corrected chi connectivity index (χ1v) is 6.43. The summed E-state index contributed by atoms with van der Waals surface area (Å²) in [5.74, 6) is 1.44. The van der Waals surface area contributed by atoms with Gasteiger partial charge in [-0.15, -0.1) is 0 Å². The number of nitrogen functional groups attached to an aromatic ring is 1. The number of rotatable bonds is 7. The number of ether oxygens (including phenoxy) is 1. The van der Waals surface area contributed by atoms with Crippen molar-refractivity contribution in [1.29, 1.82) is 0 Å². The molecular formula is C14H19N3O2. The van der Waals surface area contributed by atoms with E-state index in [0.717, 1.165) is 43.8 Å². The van der Waals surface area contributed by atoms with E-state index in [0.29, 0.717) is 5.89 Å². The maximum Gasteiger partial charge on any atom is 0.226 e. The van der Waals surface area contributed by atoms with Crippen LogP contribution in [0.3, 0.4) is 0 Å². The highest BCUT2D eigenvalue weighted by Gasteiger charge is 2.06. The van der Waals surface area contributed by atoms with Gasteiger partial charge < -0.3 is 15.0 Å². The van der Waals surface area contributed by atoms with Crippen molar-refractivity contribution < 1.29 is 9.26 Å². The predicted molar refractivity (Wildman–Crippen MR) is 72.8 cm³/mol. The lowest BCUT2D eigenvalue weighted by Crippen LogP contribution is -1.95. The van der Waals surface area contributed by atoms with Crippen LogP contribution in [0.4, 0.5) is 5.69 Å². The maximum absolute atomic E-state index is 5.64. The van der Waals surface area contributed by atoms with E-state index < -0.39 is 0 Å². The van der Waals surface area contributed by atoms with Gasteiger partial charge in [0.15, 0.2) is 5.82 Å². The largest absolute Gasteiger partial charge is 0.399 e. The Balaban J connectivity index is 1.81. The van der Waals surface area contributed by atoms with Crippen LogP contribution in [0.1, 0.15) is 23.7 Å². The zero-order chi connectivity index (χ0) is 13.5. The zero-order valence-electron chi connectivity index (χ0n) is 11.1. The third-order valence-electron chi connectivity index (χ3n) is 2.87. The molecule has 2 N–H and O–H groups in total. The second-order valence-electron chi connectivity index (χ2n) is 4.44. The quantitative estimate of drug-likeness (QED) is 0.609. The van der Waals surface area contributed by atoms with Gasteiger partial charge in [0.2, 0.25) is 5.89 Å². The van der Waals surface area contributed by atoms with Gasteiger partial charge in [-0.1, -0.05) is 17.3 Å². The summed E-state index contributed by atoms with van der Waals surface area (Å²) in [7, 11) is 1.69. The molecule has 0 saturated heterocycles. The monoisotopic (exact) mass is 261 g/mol. The Kier molecular flexibility index (Phi) is 4.92. The number of benzene rings is 1. The topological polar surface area (TPSA) is 74.2 Å². The van der Waals surface area contributed by atoms with Crippen LogP contribution in [-0.2, 0) is 24.0 Å². The minimum absolute atomic E-state index is 0.684. The number of hydrogen-bond donors (Lipinski definition) is 1. The molecule has 0 aliphatic rings. The van der Waals surface area contributed by atoms with Crippen LogP contribution in [0.25, 0.3) is 0 Å². The molecule has 1 aromatic carbocycles. The van der Waals surface area contributed by atoms with Crippen molar-refractivity contribution in [3.63, 3.8) is 0 Å². The second kappa shape index (κ2) is 6.89. The van der Waals surface area contributed by atoms with Crippen molar-refractivity contribution in [2.45, 2.75) is 25.7 Å². The van der Waals surface area contributed by atoms with Crippen molar-refractivity contribution >= 4 is 5.69 Å². The number of anilines is 1. The van der Waals surface area contributed by atoms with Crippen LogP contribution in [0.5, 0.6) is 0 Å². The summed E-state index contributed by atoms with van der Waals surface area (Å²) >= 11 is 0. The van der Waals surface area contributed by atoms with E-state index in [-0.39, 0.29) is 0 Å². The summed E-state index contributed by atoms with van der Waals surface area (Å²) < 4.78 is 10.2. The molecule has 1 heterocycles. The molecule has 1 aromatic heterocycles. The molecule has 102 valence electrons. The van der Waals surface area contributed by atoms with Gasteiger partial charge in [0.05, 0.1) is 0 Å². The van der Waals surface area contributed by atoms with Gasteiger partial charge in [-0.25, -0.2) is 0 Å². The second-order valence-corrected chi connectivity index (χ2v) is 4.44. The van der Waals surface area contributed by atoms with E-state index >= 15 is 0 Å². The number of methoxy groups -OCH3 is 1. The molecular weight excluding hydrogens is 242 g/mol. The molecule has 0 spiro atoms. The molecule has 0 bridgehead atoms. The third-order valence-corrected chi connectivity index (χ3v) is 2.87. The molecule has 0 aliphatic heterocycles. The Labute approximate surface area is 112 Å². The number of aromatic nitrogens is 2. The average molecular weight is 261 g/mol. The molecule has 2 rings (SSSR count). The van der Waals surface area contributed by atoms with E-state index in [2.05, 4.69) is 10.1 Å². The number of nitrogens with zero attached hydrogens (tertiary/aromatic N) is 2. The normalized spacial score (nSPS) is 10.8. The molecule has 0 unspecified atom stereocenters. The van der Waals surface area contributed by atoms with Gasteiger partial charge in [-0.2, -0.15) is 4.98 Å². The van der Waals surface area contributed by atoms with Gasteiger partial charge in [0.1, 0.15) is 0 Å². The average Bonchev–Trinajstić information content (AvgIpc) is 2.86. The smallest absolute Gasteiger partial charge is 0.226 e. The Morgan fingerprint density at radius 3 is 2.68 bits per heavy atom. The molecule has 0 amide bonds. The van der Waals surface area contributed by atoms with Gasteiger partial charge in [-0.05, 0) is 30.5 Å². The van der Waals surface area contributed by atoms with E-state index in [1.165, 1.54) is 5.56 Å². The van der Waals surface area contributed by atoms with Gasteiger partial charge in [0.25, 0.3) is 0 Å². The highest BCUT2D eigenvalue weighted by molar-refractivity contribution is 5.39. The Morgan fingerprint density at radius 1 is 1.16 bits per heavy atom. The van der Waals surface area contributed by atoms with Crippen molar-refractivity contribution in [2.24, 2.45) is 0 Å². The predicted octanol–water partition coefficient (Wildman–Crippen LogP) is 2.02. The molecule has 2 aromatic rings. The lowest BCUT2D eigenvalue weighted by atomic mass is 10.1. The fourth-order valence-electron chi connectivity index (χ4n) is 1.80. The first-order chi connectivity index (χ1) is 9.28. The number of aryl methyl sites for hydroxylation is 3. The third kappa shape index (κ3) is 4.37. The SMILES string of the molecule is COCCCc1noc(CCc2ccc(N)cc2)n1. The van der Waals surface area contributed by atoms with Crippen LogP contribution < -0.4 is 5.73 Å². The minimum atomic E-state index is 0.684. The van der Waals surface area contributed by atoms with Crippen LogP contribution in [0.15, 0.2) is 28.8 Å². The molecule has 0 radical (unpaired) electrons. The van der Waals surface area contributed by atoms with E-state index in [4.69, 9.17) is 15.0 Å². The Morgan fingerprint density at radius 2 is 1.95 bits per heavy atom. The van der Waals surface area contributed by atoms with Crippen molar-refractivity contribution in [3.05, 3.63) is 41.5 Å². The minimum Gasteiger partial charge on any atom is -0.399 e. The standard InChI is InChI=1S/C14H19N3O2/c1-18-10-2-3-13-16-14(19-17-13)9-6-11-4-7-12(15)8-5-11/h4-5,7-8H,2-3,6,9-10,15H2,1H3. The van der Waals surface area contributed by atoms with E-state index in [1.54, 1.807) is 7.11 Å². The summed E-state index contributed by atoms with van der Waals surface area (Å²) in [5, 5.41) is 3.95. The van der Waals surface area contributed by atoms with Gasteiger partial charge in [-0.3, -0.25) is 0 Å². The summed E-state index contributed by atoms with van der Waals surface area (Å²) in [5.41, 5.74) is 7.64. The number of hydrogen-bond acceptors (Lipinski definition) is 5. The Hall–Kier alpha value is -1.88. The fraction of sp³-hybridized carbons (Fsp3) is 0.429. The molecule has 0 aliphatic carbocycles. The molecule has 5 heteroatoms. The maximum atomic E-state index is 5.64. The highest BCUT2D eigenvalue weighted by Crippen LogP contribution is 2.09. The Bertz CT molecular complexity index is 494. The molecule has 0 atom stereocenters. The first kappa shape index (κ1) is 13.5. The summed E-state index contributed by atoms with van der Waals surface area (Å²) in [6.45, 7) is 0.718. The van der Waals surface area contributed by atoms with Crippen molar-refractivity contribution in [1.82, 2.24) is 10.1 Å². The molecule has 0 fully saturated rings. The number of nitrogens with two attached hydrogens (primary N) is 1. The highest BCUT2D eigenvalue weighted by atomic mass is 16.5. The fourth-order valence-corrected chi connectivity index (χ4v) is 1.80. The zero-order valence-corrected chi connectivity index (χ0v) is 11.1. The van der Waals surface area contributed by atoms with Gasteiger partial charge in [0, 0.05) is 32.2 Å². The van der Waals surface area contributed by atoms with Crippen LogP contribution in [0, 0.1) is 0 Å². The summed E-state index contributed by atoms with van der Waals surface area (Å²) in [4.78, 5) is 4.36. The lowest BCUT2D eigenvalue weighted by Gasteiger charge is -1.98. The van der Waals surface area contributed by atoms with Crippen LogP contribution in [-0.4, -0.2) is 23.9 Å². The van der Waals surface area contributed by atoms with Crippen LogP contribution in [0.2, 0.25) is 0 Å². The summed E-state index contributed by atoms with van der Waals surface area (Å²) in [6.07, 6.45) is 3.33. The molecule has 0 saturated carbocycles. The van der Waals surface area contributed by atoms with Crippen molar-refractivity contribution in [3.8, 4) is 0 Å². The van der Waals surface area contributed by atoms with E-state index in [1.807, 2.05) is 24.3 Å². The van der Waals surface area contributed by atoms with Crippen molar-refractivity contribution in [2.75, 3.05) is 19.5 Å². The van der Waals surface area contributed by atoms with Crippen LogP contribution >= 0.6 is 0 Å². The van der Waals surface area contributed by atoms with Gasteiger partial charge >= 0.3 is 0 Å². The summed E-state index contributed by atoms with van der Waals surface area (Å²) in [6, 6.07) is 7.84. The lowest BCUT2D eigenvalue weighted by molar-refractivity contribution is 0.194. The van der Waals surface area contributed by atoms with E-state index in [9.17, 15) is 0 Å². The molecule has 5 nitrogen and oxygen atoms in total.